The van der Waals surface area contributed by atoms with E-state index in [0.717, 1.165) is 27.5 Å². The molecule has 4 amide bonds. The van der Waals surface area contributed by atoms with Crippen molar-refractivity contribution in [3.8, 4) is 5.75 Å². The summed E-state index contributed by atoms with van der Waals surface area (Å²) in [5, 5.41) is 9.34. The number of benzene rings is 4. The lowest BCUT2D eigenvalue weighted by molar-refractivity contribution is -0.179. The summed E-state index contributed by atoms with van der Waals surface area (Å²) in [5.41, 5.74) is 5.06. The molecule has 4 aromatic rings. The number of fused-ring (bicyclic) bond motifs is 1. The minimum atomic E-state index is -0.985. The maximum Gasteiger partial charge on any atom is 0.329 e. The fourth-order valence-electron chi connectivity index (χ4n) is 6.20. The van der Waals surface area contributed by atoms with E-state index >= 15 is 4.79 Å². The average Bonchev–Trinajstić information content (AvgIpc) is 3.16. The Morgan fingerprint density at radius 3 is 2.15 bits per heavy atom. The van der Waals surface area contributed by atoms with Gasteiger partial charge in [0, 0.05) is 39.3 Å². The van der Waals surface area contributed by atoms with Crippen molar-refractivity contribution in [1.82, 2.24) is 26.0 Å². The van der Waals surface area contributed by atoms with E-state index in [0.29, 0.717) is 25.5 Å². The predicted molar refractivity (Wildman–Crippen MR) is 217 cm³/mol. The van der Waals surface area contributed by atoms with E-state index in [1.54, 1.807) is 11.0 Å². The van der Waals surface area contributed by atoms with Crippen molar-refractivity contribution >= 4 is 28.6 Å². The molecule has 4 aromatic carbocycles. The molecule has 4 rings (SSSR count). The lowest BCUT2D eigenvalue weighted by atomic mass is 10.0. The molecule has 0 radical (unpaired) electrons. The first-order valence-electron chi connectivity index (χ1n) is 18.9. The normalized spacial score (nSPS) is 12.6. The largest absolute Gasteiger partial charge is 0.488 e. The SMILES string of the molecule is C=CCN(CC(=O)NC(Cc1ccc(OC(C)(C)C)cc1)C(=O)N(Cc1cccc2ccccc12)C(C)C(OCC)OCC)NC(=O)NCc1ccccc1. The molecule has 11 nitrogen and oxygen atoms in total. The van der Waals surface area contributed by atoms with Gasteiger partial charge in [-0.2, -0.15) is 0 Å². The minimum absolute atomic E-state index is 0.189. The lowest BCUT2D eigenvalue weighted by Crippen LogP contribution is -2.57. The van der Waals surface area contributed by atoms with Gasteiger partial charge in [-0.1, -0.05) is 91.0 Å². The van der Waals surface area contributed by atoms with Gasteiger partial charge in [-0.25, -0.2) is 9.80 Å². The maximum absolute atomic E-state index is 15.0. The molecule has 0 aliphatic heterocycles. The second kappa shape index (κ2) is 21.0. The van der Waals surface area contributed by atoms with Crippen molar-refractivity contribution < 1.29 is 28.6 Å². The molecule has 11 heteroatoms. The highest BCUT2D eigenvalue weighted by molar-refractivity contribution is 5.90. The summed E-state index contributed by atoms with van der Waals surface area (Å²) >= 11 is 0. The Morgan fingerprint density at radius 2 is 1.49 bits per heavy atom. The van der Waals surface area contributed by atoms with Crippen LogP contribution in [0.1, 0.15) is 58.2 Å². The third-order valence-corrected chi connectivity index (χ3v) is 8.71. The van der Waals surface area contributed by atoms with Crippen LogP contribution in [0, 0.1) is 0 Å². The van der Waals surface area contributed by atoms with Crippen molar-refractivity contribution in [3.63, 3.8) is 0 Å². The Bertz CT molecular complexity index is 1820. The first-order chi connectivity index (χ1) is 26.4. The zero-order chi connectivity index (χ0) is 39.8. The smallest absolute Gasteiger partial charge is 0.329 e. The molecule has 0 aliphatic rings. The molecule has 0 saturated carbocycles. The molecule has 0 bridgehead atoms. The topological polar surface area (TPSA) is 121 Å². The van der Waals surface area contributed by atoms with Crippen LogP contribution in [0.5, 0.6) is 5.75 Å². The Balaban J connectivity index is 1.64. The van der Waals surface area contributed by atoms with Gasteiger partial charge in [-0.3, -0.25) is 15.0 Å². The molecule has 2 unspecified atom stereocenters. The molecule has 55 heavy (non-hydrogen) atoms. The number of urea groups is 1. The molecule has 0 fully saturated rings. The van der Waals surface area contributed by atoms with Crippen LogP contribution in [0.15, 0.2) is 110 Å². The number of ether oxygens (including phenoxy) is 3. The van der Waals surface area contributed by atoms with E-state index in [9.17, 15) is 9.59 Å². The lowest BCUT2D eigenvalue weighted by Gasteiger charge is -2.37. The van der Waals surface area contributed by atoms with Crippen LogP contribution in [-0.2, 0) is 38.6 Å². The number of carbonyl (C=O) groups is 3. The highest BCUT2D eigenvalue weighted by Gasteiger charge is 2.34. The predicted octanol–water partition coefficient (Wildman–Crippen LogP) is 6.76. The van der Waals surface area contributed by atoms with Crippen molar-refractivity contribution in [2.45, 2.75) is 85.0 Å². The summed E-state index contributed by atoms with van der Waals surface area (Å²) in [7, 11) is 0. The molecule has 3 N–H and O–H groups in total. The molecule has 0 spiro atoms. The molecule has 294 valence electrons. The minimum Gasteiger partial charge on any atom is -0.488 e. The second-order valence-corrected chi connectivity index (χ2v) is 14.3. The third-order valence-electron chi connectivity index (χ3n) is 8.71. The second-order valence-electron chi connectivity index (χ2n) is 14.3. The molecule has 0 saturated heterocycles. The number of carbonyl (C=O) groups excluding carboxylic acids is 3. The van der Waals surface area contributed by atoms with Crippen molar-refractivity contribution in [3.05, 3.63) is 126 Å². The van der Waals surface area contributed by atoms with E-state index in [2.05, 4.69) is 22.6 Å². The standard InChI is InChI=1S/C44H57N5O6/c1-8-27-48(47-43(52)45-29-34-17-12-11-13-18-34)31-40(50)46-39(28-33-23-25-37(26-24-33)55-44(5,6)7)41(51)49(32(4)42(53-9-2)54-10-3)30-36-21-16-20-35-19-14-15-22-38(35)36/h8,11-26,32,39,42H,1,9-10,27-31H2,2-7H3,(H,46,50)(H2,45,47,52). The number of amides is 4. The summed E-state index contributed by atoms with van der Waals surface area (Å²) in [5.74, 6) is -0.0699. The van der Waals surface area contributed by atoms with Crippen LogP contribution in [0.2, 0.25) is 0 Å². The van der Waals surface area contributed by atoms with Gasteiger partial charge in [0.15, 0.2) is 6.29 Å². The molecule has 0 heterocycles. The summed E-state index contributed by atoms with van der Waals surface area (Å²) in [4.78, 5) is 43.5. The van der Waals surface area contributed by atoms with E-state index in [1.807, 2.05) is 139 Å². The van der Waals surface area contributed by atoms with Gasteiger partial charge in [0.05, 0.1) is 12.6 Å². The first kappa shape index (κ1) is 42.5. The van der Waals surface area contributed by atoms with E-state index in [4.69, 9.17) is 14.2 Å². The van der Waals surface area contributed by atoms with Crippen molar-refractivity contribution in [2.75, 3.05) is 26.3 Å². The van der Waals surface area contributed by atoms with Gasteiger partial charge < -0.3 is 29.7 Å². The number of nitrogens with one attached hydrogen (secondary N) is 3. The van der Waals surface area contributed by atoms with Crippen LogP contribution in [0.25, 0.3) is 10.8 Å². The van der Waals surface area contributed by atoms with Crippen LogP contribution >= 0.6 is 0 Å². The van der Waals surface area contributed by atoms with Crippen LogP contribution < -0.4 is 20.8 Å². The summed E-state index contributed by atoms with van der Waals surface area (Å²) in [6.45, 7) is 16.7. The van der Waals surface area contributed by atoms with Gasteiger partial charge in [0.2, 0.25) is 11.8 Å². The Hall–Kier alpha value is -5.23. The summed E-state index contributed by atoms with van der Waals surface area (Å²) in [6, 6.07) is 29.1. The summed E-state index contributed by atoms with van der Waals surface area (Å²) in [6.07, 6.45) is 1.07. The van der Waals surface area contributed by atoms with E-state index in [-0.39, 0.29) is 37.6 Å². The Labute approximate surface area is 326 Å². The van der Waals surface area contributed by atoms with E-state index < -0.39 is 30.3 Å². The monoisotopic (exact) mass is 751 g/mol. The fourth-order valence-corrected chi connectivity index (χ4v) is 6.20. The van der Waals surface area contributed by atoms with Gasteiger partial charge in [-0.05, 0) is 81.1 Å². The highest BCUT2D eigenvalue weighted by Crippen LogP contribution is 2.24. The zero-order valence-electron chi connectivity index (χ0n) is 33.0. The van der Waals surface area contributed by atoms with Crippen LogP contribution in [0.4, 0.5) is 4.79 Å². The Kier molecular flexibility index (Phi) is 16.2. The fraction of sp³-hybridized carbons (Fsp3) is 0.386. The molecular weight excluding hydrogens is 695 g/mol. The molecular formula is C44H57N5O6. The van der Waals surface area contributed by atoms with Crippen LogP contribution in [0.3, 0.4) is 0 Å². The van der Waals surface area contributed by atoms with Gasteiger partial charge in [0.1, 0.15) is 17.4 Å². The number of rotatable bonds is 20. The van der Waals surface area contributed by atoms with Crippen molar-refractivity contribution in [1.29, 1.82) is 0 Å². The Morgan fingerprint density at radius 1 is 0.836 bits per heavy atom. The molecule has 0 aromatic heterocycles. The summed E-state index contributed by atoms with van der Waals surface area (Å²) < 4.78 is 18.1. The number of hydrogen-bond donors (Lipinski definition) is 3. The van der Waals surface area contributed by atoms with Gasteiger partial charge in [-0.15, -0.1) is 6.58 Å². The average molecular weight is 752 g/mol. The maximum atomic E-state index is 15.0. The molecule has 2 atom stereocenters. The number of nitrogens with zero attached hydrogens (tertiary/aromatic N) is 2. The molecule has 0 aliphatic carbocycles. The van der Waals surface area contributed by atoms with E-state index in [1.165, 1.54) is 5.01 Å². The van der Waals surface area contributed by atoms with Gasteiger partial charge in [0.25, 0.3) is 0 Å². The van der Waals surface area contributed by atoms with Crippen molar-refractivity contribution in [2.24, 2.45) is 0 Å². The zero-order valence-corrected chi connectivity index (χ0v) is 33.0. The quantitative estimate of drug-likeness (QED) is 0.0519. The highest BCUT2D eigenvalue weighted by atomic mass is 16.7. The van der Waals surface area contributed by atoms with Gasteiger partial charge >= 0.3 is 6.03 Å². The third kappa shape index (κ3) is 13.5. The first-order valence-corrected chi connectivity index (χ1v) is 18.9. The number of hydrazine groups is 1. The number of hydrogen-bond acceptors (Lipinski definition) is 7. The van der Waals surface area contributed by atoms with Crippen LogP contribution in [-0.4, -0.2) is 78.0 Å².